The third-order valence-electron chi connectivity index (χ3n) is 5.69. The average Bonchev–Trinajstić information content (AvgIpc) is 2.58. The molecule has 0 spiro atoms. The summed E-state index contributed by atoms with van der Waals surface area (Å²) in [5.41, 5.74) is 4.07. The van der Waals surface area contributed by atoms with Gasteiger partial charge in [-0.1, -0.05) is 66.9 Å². The number of carbonyl (C=O) groups excluding carboxylic acids is 2. The van der Waals surface area contributed by atoms with E-state index < -0.39 is 0 Å². The Morgan fingerprint density at radius 3 is 2.34 bits per heavy atom. The molecule has 1 aliphatic carbocycles. The van der Waals surface area contributed by atoms with E-state index >= 15 is 0 Å². The number of Topliss-reactive ketones (excluding diaryl/α,β-unsaturated/α-hetero) is 1. The van der Waals surface area contributed by atoms with Crippen molar-refractivity contribution in [2.75, 3.05) is 4.90 Å². The number of rotatable bonds is 2. The molecule has 1 atom stereocenters. The van der Waals surface area contributed by atoms with Crippen molar-refractivity contribution < 1.29 is 9.59 Å². The first-order valence-corrected chi connectivity index (χ1v) is 10.5. The second kappa shape index (κ2) is 7.30. The first-order valence-electron chi connectivity index (χ1n) is 9.76. The molecule has 2 aliphatic rings. The second-order valence-corrected chi connectivity index (χ2v) is 9.70. The normalized spacial score (nSPS) is 21.4. The van der Waals surface area contributed by atoms with Crippen molar-refractivity contribution in [2.45, 2.75) is 46.0 Å². The van der Waals surface area contributed by atoms with E-state index in [9.17, 15) is 9.59 Å². The Bertz CT molecular complexity index is 1030. The molecule has 150 valence electrons. The number of benzene rings is 2. The van der Waals surface area contributed by atoms with Crippen molar-refractivity contribution in [2.24, 2.45) is 5.41 Å². The van der Waals surface area contributed by atoms with Gasteiger partial charge in [-0.05, 0) is 42.5 Å². The van der Waals surface area contributed by atoms with E-state index in [2.05, 4.69) is 19.9 Å². The van der Waals surface area contributed by atoms with Crippen molar-refractivity contribution >= 4 is 40.6 Å². The Hall–Kier alpha value is -2.10. The maximum absolute atomic E-state index is 13.4. The van der Waals surface area contributed by atoms with E-state index in [1.54, 1.807) is 23.1 Å². The monoisotopic (exact) mass is 427 g/mol. The molecule has 1 unspecified atom stereocenters. The zero-order valence-electron chi connectivity index (χ0n) is 16.8. The minimum atomic E-state index is -0.217. The van der Waals surface area contributed by atoms with Gasteiger partial charge < -0.3 is 0 Å². The Balaban J connectivity index is 1.92. The number of ketones is 1. The van der Waals surface area contributed by atoms with Crippen molar-refractivity contribution in [3.05, 3.63) is 74.9 Å². The van der Waals surface area contributed by atoms with E-state index in [0.717, 1.165) is 22.4 Å². The zero-order chi connectivity index (χ0) is 20.9. The van der Waals surface area contributed by atoms with E-state index in [4.69, 9.17) is 23.2 Å². The van der Waals surface area contributed by atoms with Gasteiger partial charge >= 0.3 is 0 Å². The molecule has 1 amide bonds. The summed E-state index contributed by atoms with van der Waals surface area (Å²) in [4.78, 5) is 28.3. The van der Waals surface area contributed by atoms with Crippen molar-refractivity contribution in [1.29, 1.82) is 0 Å². The van der Waals surface area contributed by atoms with Gasteiger partial charge in [0, 0.05) is 40.1 Å². The molecule has 0 aromatic heterocycles. The van der Waals surface area contributed by atoms with Crippen molar-refractivity contribution in [3.8, 4) is 0 Å². The molecule has 0 saturated carbocycles. The van der Waals surface area contributed by atoms with E-state index in [-0.39, 0.29) is 29.4 Å². The molecule has 0 fully saturated rings. The molecule has 0 N–H and O–H groups in total. The third kappa shape index (κ3) is 3.86. The van der Waals surface area contributed by atoms with Gasteiger partial charge in [-0.25, -0.2) is 0 Å². The SMILES string of the molecule is Cc1cccc(C2CC(=O)N(c3cc(Cl)cc(Cl)c3)C3=C2C(=O)CC(C)(C)C3)c1. The van der Waals surface area contributed by atoms with Crippen LogP contribution in [0.25, 0.3) is 0 Å². The highest BCUT2D eigenvalue weighted by molar-refractivity contribution is 6.35. The fraction of sp³-hybridized carbons (Fsp3) is 0.333. The smallest absolute Gasteiger partial charge is 0.232 e. The number of aryl methyl sites for hydroxylation is 1. The van der Waals surface area contributed by atoms with Crippen LogP contribution in [0.3, 0.4) is 0 Å². The molecule has 1 heterocycles. The molecule has 0 bridgehead atoms. The number of hydrogen-bond donors (Lipinski definition) is 0. The molecular formula is C24H23Cl2NO2. The first kappa shape index (κ1) is 20.2. The maximum Gasteiger partial charge on any atom is 0.232 e. The Morgan fingerprint density at radius 2 is 1.69 bits per heavy atom. The lowest BCUT2D eigenvalue weighted by atomic mass is 9.69. The van der Waals surface area contributed by atoms with Crippen molar-refractivity contribution in [3.63, 3.8) is 0 Å². The first-order chi connectivity index (χ1) is 13.6. The van der Waals surface area contributed by atoms with Crippen LogP contribution in [0.1, 0.15) is 50.2 Å². The summed E-state index contributed by atoms with van der Waals surface area (Å²) in [6.45, 7) is 6.16. The lowest BCUT2D eigenvalue weighted by Gasteiger charge is -2.43. The Kier molecular flexibility index (Phi) is 5.08. The van der Waals surface area contributed by atoms with Crippen molar-refractivity contribution in [1.82, 2.24) is 0 Å². The predicted molar refractivity (Wildman–Crippen MR) is 118 cm³/mol. The molecule has 0 saturated heterocycles. The van der Waals surface area contributed by atoms with Crippen LogP contribution in [0.15, 0.2) is 53.7 Å². The predicted octanol–water partition coefficient (Wildman–Crippen LogP) is 6.47. The molecular weight excluding hydrogens is 405 g/mol. The fourth-order valence-corrected chi connectivity index (χ4v) is 5.07. The molecule has 5 heteroatoms. The van der Waals surface area contributed by atoms with Gasteiger partial charge in [-0.15, -0.1) is 0 Å². The van der Waals surface area contributed by atoms with E-state index in [0.29, 0.717) is 28.6 Å². The molecule has 2 aromatic carbocycles. The number of nitrogens with zero attached hydrogens (tertiary/aromatic N) is 1. The summed E-state index contributed by atoms with van der Waals surface area (Å²) in [6, 6.07) is 13.2. The van der Waals surface area contributed by atoms with Crippen LogP contribution < -0.4 is 4.90 Å². The highest BCUT2D eigenvalue weighted by Crippen LogP contribution is 2.48. The van der Waals surface area contributed by atoms with Gasteiger partial charge in [-0.3, -0.25) is 14.5 Å². The van der Waals surface area contributed by atoms with E-state index in [1.165, 1.54) is 0 Å². The lowest BCUT2D eigenvalue weighted by molar-refractivity contribution is -0.121. The number of allylic oxidation sites excluding steroid dienone is 2. The average molecular weight is 428 g/mol. The summed E-state index contributed by atoms with van der Waals surface area (Å²) >= 11 is 12.4. The number of amides is 1. The maximum atomic E-state index is 13.4. The van der Waals surface area contributed by atoms with Crippen LogP contribution in [-0.4, -0.2) is 11.7 Å². The summed E-state index contributed by atoms with van der Waals surface area (Å²) in [6.07, 6.45) is 1.37. The number of carbonyl (C=O) groups is 2. The summed E-state index contributed by atoms with van der Waals surface area (Å²) < 4.78 is 0. The van der Waals surface area contributed by atoms with Crippen LogP contribution >= 0.6 is 23.2 Å². The van der Waals surface area contributed by atoms with Crippen LogP contribution in [0, 0.1) is 12.3 Å². The fourth-order valence-electron chi connectivity index (χ4n) is 4.55. The second-order valence-electron chi connectivity index (χ2n) is 8.83. The number of anilines is 1. The quantitative estimate of drug-likeness (QED) is 0.550. The minimum absolute atomic E-state index is 0.0425. The van der Waals surface area contributed by atoms with Gasteiger partial charge in [0.25, 0.3) is 0 Å². The minimum Gasteiger partial charge on any atom is -0.294 e. The Morgan fingerprint density at radius 1 is 1.00 bits per heavy atom. The van der Waals surface area contributed by atoms with Gasteiger partial charge in [0.1, 0.15) is 0 Å². The molecule has 1 aliphatic heterocycles. The van der Waals surface area contributed by atoms with Crippen LogP contribution in [-0.2, 0) is 9.59 Å². The molecule has 2 aromatic rings. The highest BCUT2D eigenvalue weighted by Gasteiger charge is 2.44. The van der Waals surface area contributed by atoms with Crippen LogP contribution in [0.2, 0.25) is 10.0 Å². The topological polar surface area (TPSA) is 37.4 Å². The van der Waals surface area contributed by atoms with E-state index in [1.807, 2.05) is 25.1 Å². The summed E-state index contributed by atoms with van der Waals surface area (Å²) in [5.74, 6) is -0.139. The van der Waals surface area contributed by atoms with Gasteiger partial charge in [0.2, 0.25) is 5.91 Å². The number of halogens is 2. The molecule has 3 nitrogen and oxygen atoms in total. The Labute approximate surface area is 181 Å². The molecule has 29 heavy (non-hydrogen) atoms. The zero-order valence-corrected chi connectivity index (χ0v) is 18.3. The molecule has 0 radical (unpaired) electrons. The highest BCUT2D eigenvalue weighted by atomic mass is 35.5. The number of hydrogen-bond acceptors (Lipinski definition) is 2. The summed E-state index contributed by atoms with van der Waals surface area (Å²) in [5, 5.41) is 0.925. The molecule has 4 rings (SSSR count). The third-order valence-corrected chi connectivity index (χ3v) is 6.13. The summed E-state index contributed by atoms with van der Waals surface area (Å²) in [7, 11) is 0. The van der Waals surface area contributed by atoms with Gasteiger partial charge in [-0.2, -0.15) is 0 Å². The largest absolute Gasteiger partial charge is 0.294 e. The lowest BCUT2D eigenvalue weighted by Crippen LogP contribution is -2.43. The van der Waals surface area contributed by atoms with Gasteiger partial charge in [0.15, 0.2) is 5.78 Å². The standard InChI is InChI=1S/C24H23Cl2NO2/c1-14-5-4-6-15(7-14)19-11-22(29)27(18-9-16(25)8-17(26)10-18)20-12-24(2,3)13-21(28)23(19)20/h4-10,19H,11-13H2,1-3H3. The van der Waals surface area contributed by atoms with Gasteiger partial charge in [0.05, 0.1) is 5.69 Å². The van der Waals surface area contributed by atoms with Crippen LogP contribution in [0.4, 0.5) is 5.69 Å². The van der Waals surface area contributed by atoms with Crippen LogP contribution in [0.5, 0.6) is 0 Å².